The van der Waals surface area contributed by atoms with E-state index in [1.807, 2.05) is 26.2 Å². The zero-order chi connectivity index (χ0) is 12.8. The van der Waals surface area contributed by atoms with Gasteiger partial charge in [-0.1, -0.05) is 0 Å². The summed E-state index contributed by atoms with van der Waals surface area (Å²) >= 11 is 5.13. The second-order valence-corrected chi connectivity index (χ2v) is 7.26. The van der Waals surface area contributed by atoms with Gasteiger partial charge in [-0.05, 0) is 49.2 Å². The Kier molecular flexibility index (Phi) is 3.25. The lowest BCUT2D eigenvalue weighted by Gasteiger charge is -2.33. The lowest BCUT2D eigenvalue weighted by molar-refractivity contribution is 0.0941. The van der Waals surface area contributed by atoms with Crippen molar-refractivity contribution in [3.8, 4) is 0 Å². The highest BCUT2D eigenvalue weighted by molar-refractivity contribution is 9.10. The highest BCUT2D eigenvalue weighted by atomic mass is 79.9. The third-order valence-electron chi connectivity index (χ3n) is 2.97. The molecule has 17 heavy (non-hydrogen) atoms. The maximum Gasteiger partial charge on any atom is 0.408 e. The number of carboxylic acid groups (broad SMARTS) is 1. The lowest BCUT2D eigenvalue weighted by atomic mass is 10.1. The molecule has 1 N–H and O–H groups in total. The molecular formula is C12H16BrNO2S. The molecule has 1 aliphatic rings. The van der Waals surface area contributed by atoms with Gasteiger partial charge in [-0.15, -0.1) is 11.3 Å². The number of rotatable bonds is 2. The van der Waals surface area contributed by atoms with Crippen molar-refractivity contribution in [3.63, 3.8) is 0 Å². The minimum absolute atomic E-state index is 0.137. The summed E-state index contributed by atoms with van der Waals surface area (Å²) in [5, 5.41) is 11.4. The summed E-state index contributed by atoms with van der Waals surface area (Å²) in [7, 11) is 0. The number of amides is 1. The molecule has 1 aromatic rings. The van der Waals surface area contributed by atoms with Gasteiger partial charge in [-0.2, -0.15) is 0 Å². The quantitative estimate of drug-likeness (QED) is 0.890. The number of hydrogen-bond acceptors (Lipinski definition) is 2. The fourth-order valence-corrected chi connectivity index (χ4v) is 3.84. The summed E-state index contributed by atoms with van der Waals surface area (Å²) in [5.41, 5.74) is -0.334. The van der Waals surface area contributed by atoms with Crippen LogP contribution in [-0.2, 0) is 0 Å². The maximum atomic E-state index is 11.3. The van der Waals surface area contributed by atoms with E-state index in [9.17, 15) is 9.90 Å². The van der Waals surface area contributed by atoms with E-state index >= 15 is 0 Å². The van der Waals surface area contributed by atoms with Gasteiger partial charge in [0.25, 0.3) is 0 Å². The third kappa shape index (κ3) is 2.65. The van der Waals surface area contributed by atoms with Gasteiger partial charge < -0.3 is 5.11 Å². The topological polar surface area (TPSA) is 40.5 Å². The van der Waals surface area contributed by atoms with Crippen molar-refractivity contribution >= 4 is 33.4 Å². The monoisotopic (exact) mass is 317 g/mol. The first-order valence-corrected chi connectivity index (χ1v) is 7.24. The van der Waals surface area contributed by atoms with Crippen molar-refractivity contribution in [2.45, 2.75) is 44.7 Å². The molecule has 1 fully saturated rings. The summed E-state index contributed by atoms with van der Waals surface area (Å²) in [4.78, 5) is 14.2. The molecule has 1 saturated carbocycles. The van der Waals surface area contributed by atoms with Crippen LogP contribution in [-0.4, -0.2) is 27.7 Å². The predicted octanol–water partition coefficient (Wildman–Crippen LogP) is 4.15. The Hall–Kier alpha value is -0.550. The van der Waals surface area contributed by atoms with E-state index in [4.69, 9.17) is 0 Å². The van der Waals surface area contributed by atoms with Crippen LogP contribution in [0, 0.1) is 0 Å². The second kappa shape index (κ2) is 4.28. The van der Waals surface area contributed by atoms with E-state index in [0.717, 1.165) is 10.9 Å². The summed E-state index contributed by atoms with van der Waals surface area (Å²) in [6, 6.07) is 2.23. The van der Waals surface area contributed by atoms with Gasteiger partial charge in [0.05, 0.1) is 0 Å². The Morgan fingerprint density at radius 2 is 2.24 bits per heavy atom. The molecule has 0 aromatic carbocycles. The van der Waals surface area contributed by atoms with E-state index < -0.39 is 6.09 Å². The first-order valence-electron chi connectivity index (χ1n) is 5.57. The van der Waals surface area contributed by atoms with Gasteiger partial charge >= 0.3 is 6.09 Å². The molecule has 3 nitrogen and oxygen atoms in total. The van der Waals surface area contributed by atoms with E-state index in [1.54, 1.807) is 16.2 Å². The van der Waals surface area contributed by atoms with Crippen LogP contribution in [0.3, 0.4) is 0 Å². The predicted molar refractivity (Wildman–Crippen MR) is 72.8 cm³/mol. The zero-order valence-corrected chi connectivity index (χ0v) is 12.5. The van der Waals surface area contributed by atoms with Crippen LogP contribution < -0.4 is 0 Å². The first-order chi connectivity index (χ1) is 7.80. The van der Waals surface area contributed by atoms with Gasteiger partial charge in [-0.25, -0.2) is 4.79 Å². The molecular weight excluding hydrogens is 302 g/mol. The number of nitrogens with zero attached hydrogens (tertiary/aromatic N) is 1. The summed E-state index contributed by atoms with van der Waals surface area (Å²) in [5.74, 6) is 0.377. The SMILES string of the molecule is CC(C)(C)N(C(=O)O)[C@@H]1C[C@H]1c1cc(Br)cs1. The Balaban J connectivity index is 2.13. The molecule has 1 aromatic heterocycles. The fourth-order valence-electron chi connectivity index (χ4n) is 2.22. The van der Waals surface area contributed by atoms with Gasteiger partial charge in [0, 0.05) is 32.2 Å². The summed E-state index contributed by atoms with van der Waals surface area (Å²) < 4.78 is 1.08. The average Bonchev–Trinajstić information content (AvgIpc) is 2.77. The maximum absolute atomic E-state index is 11.3. The molecule has 0 unspecified atom stereocenters. The average molecular weight is 318 g/mol. The van der Waals surface area contributed by atoms with E-state index in [2.05, 4.69) is 22.0 Å². The van der Waals surface area contributed by atoms with Gasteiger partial charge in [0.15, 0.2) is 0 Å². The lowest BCUT2D eigenvalue weighted by Crippen LogP contribution is -2.46. The molecule has 1 aliphatic carbocycles. The Labute approximate surface area is 114 Å². The van der Waals surface area contributed by atoms with Crippen molar-refractivity contribution in [2.75, 3.05) is 0 Å². The molecule has 0 radical (unpaired) electrons. The zero-order valence-electron chi connectivity index (χ0n) is 10.1. The van der Waals surface area contributed by atoms with Gasteiger partial charge in [-0.3, -0.25) is 4.90 Å². The molecule has 2 atom stereocenters. The van der Waals surface area contributed by atoms with Crippen LogP contribution in [0.2, 0.25) is 0 Å². The molecule has 0 spiro atoms. The van der Waals surface area contributed by atoms with Gasteiger partial charge in [0.2, 0.25) is 0 Å². The van der Waals surface area contributed by atoms with Crippen molar-refractivity contribution in [2.24, 2.45) is 0 Å². The van der Waals surface area contributed by atoms with Crippen LogP contribution in [0.5, 0.6) is 0 Å². The highest BCUT2D eigenvalue weighted by Gasteiger charge is 2.49. The number of hydrogen-bond donors (Lipinski definition) is 1. The minimum Gasteiger partial charge on any atom is -0.465 e. The van der Waals surface area contributed by atoms with Crippen molar-refractivity contribution < 1.29 is 9.90 Å². The van der Waals surface area contributed by atoms with Crippen LogP contribution in [0.4, 0.5) is 4.79 Å². The largest absolute Gasteiger partial charge is 0.465 e. The molecule has 1 heterocycles. The summed E-state index contributed by atoms with van der Waals surface area (Å²) in [6.07, 6.45) is 0.122. The summed E-state index contributed by atoms with van der Waals surface area (Å²) in [6.45, 7) is 5.84. The molecule has 94 valence electrons. The molecule has 2 rings (SSSR count). The standard InChI is InChI=1S/C12H16BrNO2S/c1-12(2,3)14(11(15)16)9-5-8(9)10-4-7(13)6-17-10/h4,6,8-9H,5H2,1-3H3,(H,15,16)/t8-,9-/m1/s1. The van der Waals surface area contributed by atoms with Crippen molar-refractivity contribution in [3.05, 3.63) is 20.8 Å². The first kappa shape index (κ1) is 12.9. The van der Waals surface area contributed by atoms with E-state index in [0.29, 0.717) is 5.92 Å². The van der Waals surface area contributed by atoms with E-state index in [-0.39, 0.29) is 11.6 Å². The number of thiophene rings is 1. The molecule has 0 saturated heterocycles. The van der Waals surface area contributed by atoms with Crippen LogP contribution in [0.1, 0.15) is 38.0 Å². The molecule has 0 bridgehead atoms. The van der Waals surface area contributed by atoms with Crippen LogP contribution in [0.15, 0.2) is 15.9 Å². The molecule has 5 heteroatoms. The normalized spacial score (nSPS) is 23.5. The third-order valence-corrected chi connectivity index (χ3v) is 4.80. The number of halogens is 1. The minimum atomic E-state index is -0.819. The van der Waals surface area contributed by atoms with E-state index in [1.165, 1.54) is 4.88 Å². The van der Waals surface area contributed by atoms with Gasteiger partial charge in [0.1, 0.15) is 0 Å². The smallest absolute Gasteiger partial charge is 0.408 e. The molecule has 1 amide bonds. The van der Waals surface area contributed by atoms with Crippen molar-refractivity contribution in [1.29, 1.82) is 0 Å². The van der Waals surface area contributed by atoms with Crippen LogP contribution >= 0.6 is 27.3 Å². The van der Waals surface area contributed by atoms with Crippen molar-refractivity contribution in [1.82, 2.24) is 4.90 Å². The second-order valence-electron chi connectivity index (χ2n) is 5.40. The Morgan fingerprint density at radius 3 is 2.65 bits per heavy atom. The Bertz CT molecular complexity index is 438. The fraction of sp³-hybridized carbons (Fsp3) is 0.583. The number of carbonyl (C=O) groups is 1. The Morgan fingerprint density at radius 1 is 1.59 bits per heavy atom. The molecule has 0 aliphatic heterocycles. The highest BCUT2D eigenvalue weighted by Crippen LogP contribution is 2.49. The van der Waals surface area contributed by atoms with Crippen LogP contribution in [0.25, 0.3) is 0 Å².